The Hall–Kier alpha value is -3.06. The minimum absolute atomic E-state index is 0.228. The van der Waals surface area contributed by atoms with E-state index in [1.54, 1.807) is 12.3 Å². The maximum Gasteiger partial charge on any atom is 0.340 e. The summed E-state index contributed by atoms with van der Waals surface area (Å²) in [6, 6.07) is 9.55. The first-order valence-corrected chi connectivity index (χ1v) is 9.92. The Morgan fingerprint density at radius 3 is 2.54 bits per heavy atom. The van der Waals surface area contributed by atoms with Gasteiger partial charge in [0, 0.05) is 11.6 Å². The third-order valence-corrected chi connectivity index (χ3v) is 5.79. The normalized spacial score (nSPS) is 11.2. The van der Waals surface area contributed by atoms with Gasteiger partial charge in [-0.3, -0.25) is 14.3 Å². The lowest BCUT2D eigenvalue weighted by atomic mass is 10.0. The quantitative estimate of drug-likeness (QED) is 0.492. The van der Waals surface area contributed by atoms with Crippen molar-refractivity contribution in [1.82, 2.24) is 14.5 Å². The van der Waals surface area contributed by atoms with Crippen molar-refractivity contribution in [3.63, 3.8) is 0 Å². The summed E-state index contributed by atoms with van der Waals surface area (Å²) in [5.41, 5.74) is 2.31. The van der Waals surface area contributed by atoms with Crippen LogP contribution in [0.1, 0.15) is 35.6 Å². The zero-order valence-corrected chi connectivity index (χ0v) is 16.7. The lowest BCUT2D eigenvalue weighted by Gasteiger charge is -2.13. The third-order valence-electron chi connectivity index (χ3n) is 4.76. The summed E-state index contributed by atoms with van der Waals surface area (Å²) in [5.74, 6) is -0.478. The van der Waals surface area contributed by atoms with Gasteiger partial charge in [0.25, 0.3) is 5.56 Å². The molecule has 7 heteroatoms. The number of ether oxygens (including phenoxy) is 1. The highest BCUT2D eigenvalue weighted by Gasteiger charge is 2.22. The molecule has 3 heterocycles. The van der Waals surface area contributed by atoms with Gasteiger partial charge >= 0.3 is 5.97 Å². The number of aryl methyl sites for hydroxylation is 2. The van der Waals surface area contributed by atoms with E-state index in [2.05, 4.69) is 9.97 Å². The minimum Gasteiger partial charge on any atom is -0.465 e. The molecule has 0 amide bonds. The number of rotatable bonds is 4. The SMILES string of the molecule is CCc1nc(CC)c2c(=O)n(-c3nc4ccccc4s3)ccc2c1C(=O)OC. The van der Waals surface area contributed by atoms with Crippen LogP contribution in [0.2, 0.25) is 0 Å². The van der Waals surface area contributed by atoms with Gasteiger partial charge in [0.2, 0.25) is 0 Å². The van der Waals surface area contributed by atoms with Crippen LogP contribution in [0.5, 0.6) is 0 Å². The number of aromatic nitrogens is 3. The van der Waals surface area contributed by atoms with E-state index < -0.39 is 5.97 Å². The fraction of sp³-hybridized carbons (Fsp3) is 0.238. The molecule has 0 spiro atoms. The van der Waals surface area contributed by atoms with Crippen molar-refractivity contribution < 1.29 is 9.53 Å². The lowest BCUT2D eigenvalue weighted by molar-refractivity contribution is 0.0601. The number of carbonyl (C=O) groups excluding carboxylic acids is 1. The molecule has 1 aromatic carbocycles. The predicted molar refractivity (Wildman–Crippen MR) is 111 cm³/mol. The van der Waals surface area contributed by atoms with Crippen molar-refractivity contribution >= 4 is 38.3 Å². The monoisotopic (exact) mass is 393 g/mol. The summed E-state index contributed by atoms with van der Waals surface area (Å²) in [7, 11) is 1.34. The molecule has 0 atom stereocenters. The number of methoxy groups -OCH3 is 1. The van der Waals surface area contributed by atoms with E-state index in [4.69, 9.17) is 4.74 Å². The molecule has 0 unspecified atom stereocenters. The first-order valence-electron chi connectivity index (χ1n) is 9.10. The molecule has 0 aliphatic rings. The first-order chi connectivity index (χ1) is 13.6. The summed E-state index contributed by atoms with van der Waals surface area (Å²) >= 11 is 1.45. The zero-order valence-electron chi connectivity index (χ0n) is 15.9. The van der Waals surface area contributed by atoms with Gasteiger partial charge in [0.1, 0.15) is 0 Å². The molecular formula is C21H19N3O3S. The van der Waals surface area contributed by atoms with Gasteiger partial charge in [-0.1, -0.05) is 37.3 Å². The Morgan fingerprint density at radius 1 is 1.11 bits per heavy atom. The number of nitrogens with zero attached hydrogens (tertiary/aromatic N) is 3. The van der Waals surface area contributed by atoms with Gasteiger partial charge in [0.15, 0.2) is 5.13 Å². The molecule has 0 radical (unpaired) electrons. The number of fused-ring (bicyclic) bond motifs is 2. The smallest absolute Gasteiger partial charge is 0.340 e. The largest absolute Gasteiger partial charge is 0.465 e. The van der Waals surface area contributed by atoms with Crippen LogP contribution in [-0.2, 0) is 17.6 Å². The number of hydrogen-bond acceptors (Lipinski definition) is 6. The van der Waals surface area contributed by atoms with Gasteiger partial charge in [0.05, 0.1) is 39.7 Å². The maximum atomic E-state index is 13.4. The number of esters is 1. The Morgan fingerprint density at radius 2 is 1.86 bits per heavy atom. The van der Waals surface area contributed by atoms with Crippen LogP contribution in [0.4, 0.5) is 0 Å². The molecule has 3 aromatic heterocycles. The lowest BCUT2D eigenvalue weighted by Crippen LogP contribution is -2.21. The van der Waals surface area contributed by atoms with E-state index in [9.17, 15) is 9.59 Å². The van der Waals surface area contributed by atoms with Crippen LogP contribution < -0.4 is 5.56 Å². The van der Waals surface area contributed by atoms with Gasteiger partial charge in [-0.25, -0.2) is 9.78 Å². The summed E-state index contributed by atoms with van der Waals surface area (Å²) in [6.45, 7) is 3.88. The Kier molecular flexibility index (Phi) is 4.68. The Labute approximate surface area is 165 Å². The molecule has 28 heavy (non-hydrogen) atoms. The molecule has 142 valence electrons. The van der Waals surface area contributed by atoms with E-state index in [0.717, 1.165) is 10.2 Å². The molecule has 0 fully saturated rings. The molecular weight excluding hydrogens is 374 g/mol. The average molecular weight is 393 g/mol. The summed E-state index contributed by atoms with van der Waals surface area (Å²) in [6.07, 6.45) is 2.84. The second kappa shape index (κ2) is 7.16. The van der Waals surface area contributed by atoms with Crippen LogP contribution in [0.15, 0.2) is 41.3 Å². The van der Waals surface area contributed by atoms with Crippen molar-refractivity contribution in [3.05, 3.63) is 63.8 Å². The molecule has 0 aliphatic heterocycles. The number of hydrogen-bond donors (Lipinski definition) is 0. The Bertz CT molecular complexity index is 1240. The molecule has 4 rings (SSSR count). The van der Waals surface area contributed by atoms with Crippen LogP contribution in [0.3, 0.4) is 0 Å². The molecule has 6 nitrogen and oxygen atoms in total. The fourth-order valence-electron chi connectivity index (χ4n) is 3.41. The zero-order chi connectivity index (χ0) is 19.8. The first kappa shape index (κ1) is 18.3. The number of benzene rings is 1. The standard InChI is InChI=1S/C21H19N3O3S/c1-4-13-17-12(18(20(26)27-3)14(5-2)22-13)10-11-24(19(17)25)21-23-15-8-6-7-9-16(15)28-21/h6-11H,4-5H2,1-3H3. The predicted octanol–water partition coefficient (Wildman–Crippen LogP) is 3.91. The van der Waals surface area contributed by atoms with Crippen LogP contribution in [0.25, 0.3) is 26.1 Å². The number of carbonyl (C=O) groups is 1. The highest BCUT2D eigenvalue weighted by molar-refractivity contribution is 7.20. The van der Waals surface area contributed by atoms with E-state index in [1.807, 2.05) is 38.1 Å². The second-order valence-electron chi connectivity index (χ2n) is 6.32. The van der Waals surface area contributed by atoms with E-state index >= 15 is 0 Å². The maximum absolute atomic E-state index is 13.4. The number of pyridine rings is 2. The van der Waals surface area contributed by atoms with E-state index in [-0.39, 0.29) is 5.56 Å². The third kappa shape index (κ3) is 2.79. The molecule has 0 bridgehead atoms. The number of para-hydroxylation sites is 1. The summed E-state index contributed by atoms with van der Waals surface area (Å²) in [5, 5.41) is 1.62. The van der Waals surface area contributed by atoms with Crippen molar-refractivity contribution in [3.8, 4) is 5.13 Å². The van der Waals surface area contributed by atoms with Gasteiger partial charge in [-0.2, -0.15) is 0 Å². The highest BCUT2D eigenvalue weighted by atomic mass is 32.1. The molecule has 0 aliphatic carbocycles. The highest BCUT2D eigenvalue weighted by Crippen LogP contribution is 2.27. The van der Waals surface area contributed by atoms with Crippen molar-refractivity contribution in [2.75, 3.05) is 7.11 Å². The second-order valence-corrected chi connectivity index (χ2v) is 7.33. The van der Waals surface area contributed by atoms with Gasteiger partial charge in [-0.05, 0) is 31.0 Å². The topological polar surface area (TPSA) is 74.1 Å². The molecule has 0 N–H and O–H groups in total. The van der Waals surface area contributed by atoms with E-state index in [0.29, 0.717) is 45.7 Å². The van der Waals surface area contributed by atoms with Gasteiger partial charge < -0.3 is 4.74 Å². The average Bonchev–Trinajstić information content (AvgIpc) is 3.15. The Balaban J connectivity index is 2.06. The van der Waals surface area contributed by atoms with Gasteiger partial charge in [-0.15, -0.1) is 0 Å². The van der Waals surface area contributed by atoms with E-state index in [1.165, 1.54) is 23.0 Å². The van der Waals surface area contributed by atoms with Crippen molar-refractivity contribution in [2.24, 2.45) is 0 Å². The molecule has 0 saturated heterocycles. The number of thiazole rings is 1. The van der Waals surface area contributed by atoms with Crippen LogP contribution in [0, 0.1) is 0 Å². The summed E-state index contributed by atoms with van der Waals surface area (Å²) < 4.78 is 7.49. The fourth-order valence-corrected chi connectivity index (χ4v) is 4.36. The van der Waals surface area contributed by atoms with Crippen molar-refractivity contribution in [2.45, 2.75) is 26.7 Å². The summed E-state index contributed by atoms with van der Waals surface area (Å²) in [4.78, 5) is 35.0. The van der Waals surface area contributed by atoms with Crippen LogP contribution in [-0.4, -0.2) is 27.6 Å². The minimum atomic E-state index is -0.478. The molecule has 4 aromatic rings. The van der Waals surface area contributed by atoms with Crippen LogP contribution >= 0.6 is 11.3 Å². The van der Waals surface area contributed by atoms with Crippen molar-refractivity contribution in [1.29, 1.82) is 0 Å². The molecule has 0 saturated carbocycles.